The van der Waals surface area contributed by atoms with Crippen LogP contribution in [0.15, 0.2) is 48.5 Å². The van der Waals surface area contributed by atoms with E-state index in [0.29, 0.717) is 17.9 Å². The number of nitrogens with zero attached hydrogens (tertiary/aromatic N) is 1. The predicted octanol–water partition coefficient (Wildman–Crippen LogP) is 4.42. The zero-order chi connectivity index (χ0) is 16.8. The van der Waals surface area contributed by atoms with Crippen LogP contribution in [-0.2, 0) is 6.61 Å². The molecule has 0 aromatic heterocycles. The van der Waals surface area contributed by atoms with Crippen molar-refractivity contribution in [3.63, 3.8) is 0 Å². The van der Waals surface area contributed by atoms with E-state index in [1.807, 2.05) is 29.2 Å². The smallest absolute Gasteiger partial charge is 0.257 e. The van der Waals surface area contributed by atoms with Crippen molar-refractivity contribution in [1.82, 2.24) is 4.90 Å². The Hall–Kier alpha value is -2.36. The van der Waals surface area contributed by atoms with Gasteiger partial charge in [-0.25, -0.2) is 4.39 Å². The highest BCUT2D eigenvalue weighted by molar-refractivity contribution is 5.97. The lowest BCUT2D eigenvalue weighted by molar-refractivity contribution is 0.0756. The van der Waals surface area contributed by atoms with Gasteiger partial charge >= 0.3 is 0 Å². The summed E-state index contributed by atoms with van der Waals surface area (Å²) in [5.41, 5.74) is 1.47. The maximum absolute atomic E-state index is 13.0. The molecule has 3 nitrogen and oxygen atoms in total. The molecule has 4 heteroatoms. The van der Waals surface area contributed by atoms with Gasteiger partial charge in [0.05, 0.1) is 5.56 Å². The first kappa shape index (κ1) is 16.5. The summed E-state index contributed by atoms with van der Waals surface area (Å²) in [6, 6.07) is 13.5. The maximum atomic E-state index is 13.0. The van der Waals surface area contributed by atoms with E-state index in [1.165, 1.54) is 25.0 Å². The van der Waals surface area contributed by atoms with Crippen molar-refractivity contribution in [2.24, 2.45) is 0 Å². The van der Waals surface area contributed by atoms with Gasteiger partial charge in [-0.15, -0.1) is 0 Å². The molecule has 0 spiro atoms. The quantitative estimate of drug-likeness (QED) is 0.832. The van der Waals surface area contributed by atoms with Crippen LogP contribution in [0.5, 0.6) is 5.75 Å². The van der Waals surface area contributed by atoms with E-state index in [4.69, 9.17) is 4.74 Å². The van der Waals surface area contributed by atoms with Crippen LogP contribution in [0.1, 0.15) is 41.6 Å². The van der Waals surface area contributed by atoms with Gasteiger partial charge in [0.25, 0.3) is 5.91 Å². The van der Waals surface area contributed by atoms with E-state index >= 15 is 0 Å². The van der Waals surface area contributed by atoms with E-state index in [-0.39, 0.29) is 11.7 Å². The SMILES string of the molecule is O=C(c1ccccc1OCc1ccc(F)cc1)N1CCCCCC1. The number of benzene rings is 2. The van der Waals surface area contributed by atoms with Crippen LogP contribution >= 0.6 is 0 Å². The monoisotopic (exact) mass is 327 g/mol. The molecule has 1 amide bonds. The van der Waals surface area contributed by atoms with Gasteiger partial charge in [-0.2, -0.15) is 0 Å². The number of carbonyl (C=O) groups is 1. The summed E-state index contributed by atoms with van der Waals surface area (Å²) < 4.78 is 18.8. The summed E-state index contributed by atoms with van der Waals surface area (Å²) in [6.45, 7) is 1.93. The lowest BCUT2D eigenvalue weighted by Gasteiger charge is -2.21. The van der Waals surface area contributed by atoms with Crippen LogP contribution in [0.3, 0.4) is 0 Å². The van der Waals surface area contributed by atoms with E-state index in [2.05, 4.69) is 0 Å². The largest absolute Gasteiger partial charge is 0.488 e. The fourth-order valence-corrected chi connectivity index (χ4v) is 2.96. The van der Waals surface area contributed by atoms with E-state index in [9.17, 15) is 9.18 Å². The summed E-state index contributed by atoms with van der Waals surface area (Å²) in [7, 11) is 0. The molecule has 3 rings (SSSR count). The molecule has 24 heavy (non-hydrogen) atoms. The second kappa shape index (κ2) is 7.95. The first-order valence-electron chi connectivity index (χ1n) is 8.49. The third kappa shape index (κ3) is 4.13. The van der Waals surface area contributed by atoms with E-state index in [1.54, 1.807) is 12.1 Å². The third-order valence-corrected chi connectivity index (χ3v) is 4.32. The lowest BCUT2D eigenvalue weighted by atomic mass is 10.1. The lowest BCUT2D eigenvalue weighted by Crippen LogP contribution is -2.32. The van der Waals surface area contributed by atoms with Crippen LogP contribution in [0.25, 0.3) is 0 Å². The summed E-state index contributed by atoms with van der Waals surface area (Å²) in [5.74, 6) is 0.346. The Bertz CT molecular complexity index is 676. The summed E-state index contributed by atoms with van der Waals surface area (Å²) in [4.78, 5) is 14.7. The normalized spacial score (nSPS) is 15.0. The summed E-state index contributed by atoms with van der Waals surface area (Å²) in [6.07, 6.45) is 4.49. The minimum Gasteiger partial charge on any atom is -0.488 e. The number of hydrogen-bond donors (Lipinski definition) is 0. The zero-order valence-corrected chi connectivity index (χ0v) is 13.7. The molecule has 0 bridgehead atoms. The van der Waals surface area contributed by atoms with Gasteiger partial charge < -0.3 is 9.64 Å². The first-order valence-corrected chi connectivity index (χ1v) is 8.49. The van der Waals surface area contributed by atoms with E-state index in [0.717, 1.165) is 31.5 Å². The van der Waals surface area contributed by atoms with Crippen molar-refractivity contribution in [2.45, 2.75) is 32.3 Å². The summed E-state index contributed by atoms with van der Waals surface area (Å²) >= 11 is 0. The standard InChI is InChI=1S/C20H22FNO2/c21-17-11-9-16(10-12-17)15-24-19-8-4-3-7-18(19)20(23)22-13-5-1-2-6-14-22/h3-4,7-12H,1-2,5-6,13-15H2. The highest BCUT2D eigenvalue weighted by atomic mass is 19.1. The third-order valence-electron chi connectivity index (χ3n) is 4.32. The van der Waals surface area contributed by atoms with Crippen LogP contribution in [0, 0.1) is 5.82 Å². The highest BCUT2D eigenvalue weighted by Crippen LogP contribution is 2.23. The van der Waals surface area contributed by atoms with Gasteiger partial charge in [-0.1, -0.05) is 37.1 Å². The molecule has 1 saturated heterocycles. The Labute approximate surface area is 142 Å². The van der Waals surface area contributed by atoms with E-state index < -0.39 is 0 Å². The molecular formula is C20H22FNO2. The Morgan fingerprint density at radius 2 is 1.62 bits per heavy atom. The minimum atomic E-state index is -0.268. The number of rotatable bonds is 4. The molecule has 0 radical (unpaired) electrons. The Morgan fingerprint density at radius 3 is 2.33 bits per heavy atom. The minimum absolute atomic E-state index is 0.0339. The number of carbonyl (C=O) groups excluding carboxylic acids is 1. The molecule has 1 aliphatic heterocycles. The average molecular weight is 327 g/mol. The molecule has 0 aliphatic carbocycles. The van der Waals surface area contributed by atoms with Crippen molar-refractivity contribution in [2.75, 3.05) is 13.1 Å². The fraction of sp³-hybridized carbons (Fsp3) is 0.350. The van der Waals surface area contributed by atoms with Crippen molar-refractivity contribution < 1.29 is 13.9 Å². The number of para-hydroxylation sites is 1. The molecule has 1 heterocycles. The van der Waals surface area contributed by atoms with Crippen LogP contribution < -0.4 is 4.74 Å². The van der Waals surface area contributed by atoms with Crippen molar-refractivity contribution in [1.29, 1.82) is 0 Å². The average Bonchev–Trinajstić information content (AvgIpc) is 2.90. The molecule has 2 aromatic rings. The second-order valence-electron chi connectivity index (χ2n) is 6.12. The van der Waals surface area contributed by atoms with Gasteiger partial charge in [-0.05, 0) is 42.7 Å². The second-order valence-corrected chi connectivity index (χ2v) is 6.12. The summed E-state index contributed by atoms with van der Waals surface area (Å²) in [5, 5.41) is 0. The topological polar surface area (TPSA) is 29.5 Å². The molecule has 126 valence electrons. The molecule has 0 saturated carbocycles. The maximum Gasteiger partial charge on any atom is 0.257 e. The highest BCUT2D eigenvalue weighted by Gasteiger charge is 2.20. The molecule has 1 aliphatic rings. The van der Waals surface area contributed by atoms with Gasteiger partial charge in [0.1, 0.15) is 18.2 Å². The Balaban J connectivity index is 1.72. The molecular weight excluding hydrogens is 305 g/mol. The number of halogens is 1. The molecule has 0 atom stereocenters. The number of likely N-dealkylation sites (tertiary alicyclic amines) is 1. The van der Waals surface area contributed by atoms with Crippen molar-refractivity contribution >= 4 is 5.91 Å². The number of amides is 1. The van der Waals surface area contributed by atoms with Gasteiger partial charge in [0.15, 0.2) is 0 Å². The number of ether oxygens (including phenoxy) is 1. The van der Waals surface area contributed by atoms with Crippen LogP contribution in [0.2, 0.25) is 0 Å². The fourth-order valence-electron chi connectivity index (χ4n) is 2.96. The Morgan fingerprint density at radius 1 is 0.958 bits per heavy atom. The zero-order valence-electron chi connectivity index (χ0n) is 13.7. The molecule has 0 N–H and O–H groups in total. The van der Waals surface area contributed by atoms with Crippen molar-refractivity contribution in [3.05, 3.63) is 65.5 Å². The molecule has 0 unspecified atom stereocenters. The van der Waals surface area contributed by atoms with Crippen molar-refractivity contribution in [3.8, 4) is 5.75 Å². The van der Waals surface area contributed by atoms with Gasteiger partial charge in [0, 0.05) is 13.1 Å². The van der Waals surface area contributed by atoms with Gasteiger partial charge in [-0.3, -0.25) is 4.79 Å². The first-order chi connectivity index (χ1) is 11.7. The number of hydrogen-bond acceptors (Lipinski definition) is 2. The van der Waals surface area contributed by atoms with Crippen LogP contribution in [-0.4, -0.2) is 23.9 Å². The van der Waals surface area contributed by atoms with Gasteiger partial charge in [0.2, 0.25) is 0 Å². The Kier molecular flexibility index (Phi) is 5.47. The predicted molar refractivity (Wildman–Crippen MR) is 91.5 cm³/mol. The molecule has 2 aromatic carbocycles. The molecule has 1 fully saturated rings. The van der Waals surface area contributed by atoms with Crippen LogP contribution in [0.4, 0.5) is 4.39 Å².